The highest BCUT2D eigenvalue weighted by Crippen LogP contribution is 2.24. The van der Waals surface area contributed by atoms with Crippen LogP contribution in [0.4, 0.5) is 5.69 Å². The van der Waals surface area contributed by atoms with Gasteiger partial charge in [0.25, 0.3) is 0 Å². The van der Waals surface area contributed by atoms with Crippen LogP contribution in [0.2, 0.25) is 0 Å². The van der Waals surface area contributed by atoms with Crippen LogP contribution in [0.15, 0.2) is 12.4 Å². The summed E-state index contributed by atoms with van der Waals surface area (Å²) in [6, 6.07) is 0. The predicted molar refractivity (Wildman–Crippen MR) is 66.7 cm³/mol. The largest absolute Gasteiger partial charge is 0.382 e. The van der Waals surface area contributed by atoms with E-state index in [9.17, 15) is 4.79 Å². The Balaban J connectivity index is 1.79. The fourth-order valence-corrected chi connectivity index (χ4v) is 2.24. The smallest absolute Gasteiger partial charge is 0.241 e. The van der Waals surface area contributed by atoms with Gasteiger partial charge in [0.1, 0.15) is 6.54 Å². The Kier molecular flexibility index (Phi) is 4.01. The summed E-state index contributed by atoms with van der Waals surface area (Å²) in [6.45, 7) is 1.30. The molecule has 0 aliphatic heterocycles. The Morgan fingerprint density at radius 2 is 2.29 bits per heavy atom. The van der Waals surface area contributed by atoms with Crippen LogP contribution >= 0.6 is 0 Å². The topological polar surface area (TPSA) is 59.0 Å². The number of anilines is 1. The molecule has 94 valence electrons. The van der Waals surface area contributed by atoms with E-state index in [1.54, 1.807) is 17.9 Å². The number of nitrogens with one attached hydrogen (secondary N) is 2. The second kappa shape index (κ2) is 5.70. The number of carbonyl (C=O) groups is 1. The van der Waals surface area contributed by atoms with E-state index in [-0.39, 0.29) is 12.5 Å². The molecule has 1 fully saturated rings. The average molecular weight is 236 g/mol. The van der Waals surface area contributed by atoms with Crippen LogP contribution in [-0.2, 0) is 11.3 Å². The number of hydrogen-bond donors (Lipinski definition) is 2. The number of rotatable bonds is 5. The third-order valence-electron chi connectivity index (χ3n) is 3.29. The minimum absolute atomic E-state index is 0.0320. The molecular formula is C12H20N4O. The molecule has 2 N–H and O–H groups in total. The molecular weight excluding hydrogens is 216 g/mol. The molecule has 5 heteroatoms. The van der Waals surface area contributed by atoms with Crippen LogP contribution in [0.25, 0.3) is 0 Å². The van der Waals surface area contributed by atoms with Gasteiger partial charge in [0, 0.05) is 19.8 Å². The van der Waals surface area contributed by atoms with E-state index < -0.39 is 0 Å². The van der Waals surface area contributed by atoms with Gasteiger partial charge in [-0.3, -0.25) is 9.48 Å². The van der Waals surface area contributed by atoms with Crippen molar-refractivity contribution in [3.63, 3.8) is 0 Å². The highest BCUT2D eigenvalue weighted by molar-refractivity contribution is 5.75. The van der Waals surface area contributed by atoms with E-state index in [1.165, 1.54) is 25.7 Å². The van der Waals surface area contributed by atoms with Crippen molar-refractivity contribution in [3.05, 3.63) is 12.4 Å². The van der Waals surface area contributed by atoms with E-state index in [0.717, 1.165) is 18.2 Å². The zero-order valence-electron chi connectivity index (χ0n) is 10.3. The first-order valence-corrected chi connectivity index (χ1v) is 6.25. The molecule has 5 nitrogen and oxygen atoms in total. The van der Waals surface area contributed by atoms with Gasteiger partial charge in [-0.25, -0.2) is 0 Å². The first-order chi connectivity index (χ1) is 8.28. The van der Waals surface area contributed by atoms with Gasteiger partial charge in [0.15, 0.2) is 0 Å². The molecule has 0 spiro atoms. The molecule has 1 aromatic rings. The molecule has 0 saturated heterocycles. The minimum atomic E-state index is -0.0320. The number of likely N-dealkylation sites (N-methyl/N-ethyl adjacent to an activating group) is 1. The predicted octanol–water partition coefficient (Wildman–Crippen LogP) is 1.23. The Morgan fingerprint density at radius 1 is 1.53 bits per heavy atom. The fraction of sp³-hybridized carbons (Fsp3) is 0.667. The van der Waals surface area contributed by atoms with Crippen molar-refractivity contribution in [1.82, 2.24) is 15.1 Å². The maximum Gasteiger partial charge on any atom is 0.241 e. The molecule has 0 aromatic carbocycles. The van der Waals surface area contributed by atoms with E-state index in [0.29, 0.717) is 0 Å². The van der Waals surface area contributed by atoms with Crippen molar-refractivity contribution >= 4 is 11.6 Å². The van der Waals surface area contributed by atoms with Crippen molar-refractivity contribution < 1.29 is 4.79 Å². The summed E-state index contributed by atoms with van der Waals surface area (Å²) in [6.07, 6.45) is 9.05. The Hall–Kier alpha value is -1.52. The van der Waals surface area contributed by atoms with Gasteiger partial charge in [-0.15, -0.1) is 0 Å². The van der Waals surface area contributed by atoms with Crippen LogP contribution in [0, 0.1) is 5.92 Å². The number of carbonyl (C=O) groups excluding carboxylic acids is 1. The standard InChI is InChI=1S/C12H20N4O/c1-13-12(17)9-16-8-11(7-15-16)14-6-10-4-2-3-5-10/h7-8,10,14H,2-6,9H2,1H3,(H,13,17). The Bertz CT molecular complexity index is 368. The van der Waals surface area contributed by atoms with Crippen LogP contribution in [0.5, 0.6) is 0 Å². The molecule has 1 aliphatic carbocycles. The van der Waals surface area contributed by atoms with Gasteiger partial charge in [-0.05, 0) is 18.8 Å². The molecule has 0 bridgehead atoms. The number of amides is 1. The van der Waals surface area contributed by atoms with Crippen molar-refractivity contribution in [1.29, 1.82) is 0 Å². The van der Waals surface area contributed by atoms with Crippen LogP contribution in [0.3, 0.4) is 0 Å². The molecule has 1 aromatic heterocycles. The van der Waals surface area contributed by atoms with Crippen molar-refractivity contribution in [2.24, 2.45) is 5.92 Å². The first-order valence-electron chi connectivity index (χ1n) is 6.25. The molecule has 0 radical (unpaired) electrons. The van der Waals surface area contributed by atoms with Gasteiger partial charge < -0.3 is 10.6 Å². The number of aromatic nitrogens is 2. The maximum absolute atomic E-state index is 11.2. The lowest BCUT2D eigenvalue weighted by Gasteiger charge is -2.09. The summed E-state index contributed by atoms with van der Waals surface area (Å²) in [5.41, 5.74) is 1.00. The SMILES string of the molecule is CNC(=O)Cn1cc(NCC2CCCC2)cn1. The van der Waals surface area contributed by atoms with Gasteiger partial charge in [0.05, 0.1) is 11.9 Å². The van der Waals surface area contributed by atoms with Crippen LogP contribution in [-0.4, -0.2) is 29.3 Å². The zero-order valence-corrected chi connectivity index (χ0v) is 10.3. The van der Waals surface area contributed by atoms with Gasteiger partial charge in [-0.2, -0.15) is 5.10 Å². The van der Waals surface area contributed by atoms with Crippen molar-refractivity contribution in [3.8, 4) is 0 Å². The molecule has 2 rings (SSSR count). The van der Waals surface area contributed by atoms with E-state index in [2.05, 4.69) is 15.7 Å². The number of nitrogens with zero attached hydrogens (tertiary/aromatic N) is 2. The molecule has 1 amide bonds. The monoisotopic (exact) mass is 236 g/mol. The van der Waals surface area contributed by atoms with E-state index in [4.69, 9.17) is 0 Å². The maximum atomic E-state index is 11.2. The third kappa shape index (κ3) is 3.47. The van der Waals surface area contributed by atoms with Crippen LogP contribution in [0.1, 0.15) is 25.7 Å². The lowest BCUT2D eigenvalue weighted by Crippen LogP contribution is -2.23. The first kappa shape index (κ1) is 12.0. The normalized spacial score (nSPS) is 16.1. The fourth-order valence-electron chi connectivity index (χ4n) is 2.24. The summed E-state index contributed by atoms with van der Waals surface area (Å²) in [4.78, 5) is 11.2. The van der Waals surface area contributed by atoms with Gasteiger partial charge in [0.2, 0.25) is 5.91 Å². The summed E-state index contributed by atoms with van der Waals surface area (Å²) in [5.74, 6) is 0.771. The number of hydrogen-bond acceptors (Lipinski definition) is 3. The molecule has 17 heavy (non-hydrogen) atoms. The lowest BCUT2D eigenvalue weighted by atomic mass is 10.1. The minimum Gasteiger partial charge on any atom is -0.382 e. The summed E-state index contributed by atoms with van der Waals surface area (Å²) < 4.78 is 1.65. The quantitative estimate of drug-likeness (QED) is 0.808. The third-order valence-corrected chi connectivity index (χ3v) is 3.29. The lowest BCUT2D eigenvalue weighted by molar-refractivity contribution is -0.121. The highest BCUT2D eigenvalue weighted by atomic mass is 16.1. The van der Waals surface area contributed by atoms with Gasteiger partial charge in [-0.1, -0.05) is 12.8 Å². The Labute approximate surface area is 102 Å². The Morgan fingerprint density at radius 3 is 3.00 bits per heavy atom. The molecule has 1 saturated carbocycles. The van der Waals surface area contributed by atoms with E-state index >= 15 is 0 Å². The van der Waals surface area contributed by atoms with E-state index in [1.807, 2.05) is 6.20 Å². The second-order valence-electron chi connectivity index (χ2n) is 4.63. The second-order valence-corrected chi connectivity index (χ2v) is 4.63. The van der Waals surface area contributed by atoms with Crippen molar-refractivity contribution in [2.75, 3.05) is 18.9 Å². The van der Waals surface area contributed by atoms with Crippen LogP contribution < -0.4 is 10.6 Å². The highest BCUT2D eigenvalue weighted by Gasteiger charge is 2.14. The summed E-state index contributed by atoms with van der Waals surface area (Å²) in [7, 11) is 1.63. The molecule has 0 unspecified atom stereocenters. The molecule has 0 atom stereocenters. The molecule has 1 heterocycles. The van der Waals surface area contributed by atoms with Crippen molar-refractivity contribution in [2.45, 2.75) is 32.2 Å². The summed E-state index contributed by atoms with van der Waals surface area (Å²) >= 11 is 0. The average Bonchev–Trinajstić information content (AvgIpc) is 2.97. The van der Waals surface area contributed by atoms with Gasteiger partial charge >= 0.3 is 0 Å². The molecule has 1 aliphatic rings. The summed E-state index contributed by atoms with van der Waals surface area (Å²) in [5, 5.41) is 10.1. The zero-order chi connectivity index (χ0) is 12.1.